The Morgan fingerprint density at radius 1 is 1.19 bits per heavy atom. The molecule has 1 aromatic rings. The van der Waals surface area contributed by atoms with E-state index >= 15 is 0 Å². The molecule has 0 heterocycles. The molecule has 0 unspecified atom stereocenters. The summed E-state index contributed by atoms with van der Waals surface area (Å²) in [7, 11) is 1.65. The number of hydrogen-bond donors (Lipinski definition) is 0. The summed E-state index contributed by atoms with van der Waals surface area (Å²) in [6.07, 6.45) is 2.80. The van der Waals surface area contributed by atoms with Crippen LogP contribution in [-0.4, -0.2) is 19.3 Å². The van der Waals surface area contributed by atoms with Crippen LogP contribution in [0, 0.1) is 0 Å². The third-order valence-electron chi connectivity index (χ3n) is 2.33. The van der Waals surface area contributed by atoms with Gasteiger partial charge in [-0.2, -0.15) is 0 Å². The maximum Gasteiger partial charge on any atom is 0.165 e. The van der Waals surface area contributed by atoms with Crippen molar-refractivity contribution in [1.29, 1.82) is 0 Å². The third-order valence-corrected chi connectivity index (χ3v) is 2.33. The minimum absolute atomic E-state index is 0.133. The molecule has 2 rings (SSSR count). The van der Waals surface area contributed by atoms with Gasteiger partial charge in [0.2, 0.25) is 0 Å². The first-order chi connectivity index (χ1) is 7.69. The fourth-order valence-electron chi connectivity index (χ4n) is 1.42. The van der Waals surface area contributed by atoms with Crippen LogP contribution in [0.3, 0.4) is 0 Å². The van der Waals surface area contributed by atoms with Gasteiger partial charge < -0.3 is 14.2 Å². The van der Waals surface area contributed by atoms with E-state index in [4.69, 9.17) is 14.2 Å². The lowest BCUT2D eigenvalue weighted by Crippen LogP contribution is -2.08. The molecular weight excluding hydrogens is 204 g/mol. The minimum Gasteiger partial charge on any atom is -0.497 e. The molecule has 1 saturated carbocycles. The first kappa shape index (κ1) is 11.1. The lowest BCUT2D eigenvalue weighted by atomic mass is 10.3. The van der Waals surface area contributed by atoms with Crippen molar-refractivity contribution in [2.24, 2.45) is 0 Å². The Hall–Kier alpha value is -1.38. The molecule has 1 aromatic carbocycles. The number of methoxy groups -OCH3 is 1. The Kier molecular flexibility index (Phi) is 3.22. The van der Waals surface area contributed by atoms with Crippen molar-refractivity contribution in [2.45, 2.75) is 38.9 Å². The molecule has 0 spiro atoms. The number of rotatable bonds is 5. The van der Waals surface area contributed by atoms with Gasteiger partial charge in [0.25, 0.3) is 0 Å². The third kappa shape index (κ3) is 2.81. The molecule has 3 heteroatoms. The average Bonchev–Trinajstić information content (AvgIpc) is 3.03. The second-order valence-corrected chi connectivity index (χ2v) is 4.30. The van der Waals surface area contributed by atoms with Crippen molar-refractivity contribution >= 4 is 0 Å². The second kappa shape index (κ2) is 4.64. The lowest BCUT2D eigenvalue weighted by molar-refractivity contribution is 0.216. The highest BCUT2D eigenvalue weighted by molar-refractivity contribution is 5.46. The minimum atomic E-state index is 0.133. The smallest absolute Gasteiger partial charge is 0.165 e. The zero-order chi connectivity index (χ0) is 11.5. The van der Waals surface area contributed by atoms with Crippen molar-refractivity contribution in [2.75, 3.05) is 7.11 Å². The van der Waals surface area contributed by atoms with Crippen LogP contribution in [-0.2, 0) is 0 Å². The van der Waals surface area contributed by atoms with Gasteiger partial charge in [-0.1, -0.05) is 0 Å². The van der Waals surface area contributed by atoms with E-state index in [0.717, 1.165) is 30.1 Å². The number of ether oxygens (including phenoxy) is 3. The van der Waals surface area contributed by atoms with Gasteiger partial charge >= 0.3 is 0 Å². The van der Waals surface area contributed by atoms with Gasteiger partial charge in [0.1, 0.15) is 5.75 Å². The summed E-state index contributed by atoms with van der Waals surface area (Å²) < 4.78 is 16.7. The van der Waals surface area contributed by atoms with Crippen molar-refractivity contribution in [3.8, 4) is 17.2 Å². The first-order valence-corrected chi connectivity index (χ1v) is 5.70. The Labute approximate surface area is 96.3 Å². The average molecular weight is 222 g/mol. The molecule has 1 fully saturated rings. The molecule has 0 atom stereocenters. The second-order valence-electron chi connectivity index (χ2n) is 4.30. The first-order valence-electron chi connectivity index (χ1n) is 5.70. The van der Waals surface area contributed by atoms with Crippen molar-refractivity contribution < 1.29 is 14.2 Å². The summed E-state index contributed by atoms with van der Waals surface area (Å²) in [5, 5.41) is 0. The van der Waals surface area contributed by atoms with Gasteiger partial charge in [0, 0.05) is 6.07 Å². The Bertz CT molecular complexity index is 356. The van der Waals surface area contributed by atoms with Crippen molar-refractivity contribution in [1.82, 2.24) is 0 Å². The van der Waals surface area contributed by atoms with Gasteiger partial charge in [0.15, 0.2) is 11.5 Å². The van der Waals surface area contributed by atoms with Crippen molar-refractivity contribution in [3.63, 3.8) is 0 Å². The van der Waals surface area contributed by atoms with E-state index in [0.29, 0.717) is 6.10 Å². The van der Waals surface area contributed by atoms with E-state index < -0.39 is 0 Å². The van der Waals surface area contributed by atoms with Crippen LogP contribution < -0.4 is 14.2 Å². The molecular formula is C13H18O3. The van der Waals surface area contributed by atoms with Crippen LogP contribution in [0.5, 0.6) is 17.2 Å². The Morgan fingerprint density at radius 3 is 2.50 bits per heavy atom. The van der Waals surface area contributed by atoms with E-state index in [-0.39, 0.29) is 6.10 Å². The largest absolute Gasteiger partial charge is 0.497 e. The van der Waals surface area contributed by atoms with Crippen LogP contribution >= 0.6 is 0 Å². The fraction of sp³-hybridized carbons (Fsp3) is 0.538. The van der Waals surface area contributed by atoms with Crippen LogP contribution in [0.2, 0.25) is 0 Å². The Balaban J connectivity index is 2.18. The predicted molar refractivity (Wildman–Crippen MR) is 62.4 cm³/mol. The molecule has 0 aliphatic heterocycles. The fourth-order valence-corrected chi connectivity index (χ4v) is 1.42. The molecule has 0 N–H and O–H groups in total. The molecule has 1 aliphatic rings. The molecule has 0 radical (unpaired) electrons. The topological polar surface area (TPSA) is 27.7 Å². The van der Waals surface area contributed by atoms with E-state index in [1.54, 1.807) is 7.11 Å². The van der Waals surface area contributed by atoms with Crippen LogP contribution in [0.25, 0.3) is 0 Å². The molecule has 0 amide bonds. The Morgan fingerprint density at radius 2 is 1.94 bits per heavy atom. The van der Waals surface area contributed by atoms with Crippen LogP contribution in [0.4, 0.5) is 0 Å². The normalized spacial score (nSPS) is 15.0. The molecule has 0 bridgehead atoms. The zero-order valence-electron chi connectivity index (χ0n) is 10.0. The summed E-state index contributed by atoms with van der Waals surface area (Å²) in [6, 6.07) is 5.68. The monoisotopic (exact) mass is 222 g/mol. The van der Waals surface area contributed by atoms with E-state index in [1.807, 2.05) is 32.0 Å². The molecule has 88 valence electrons. The van der Waals surface area contributed by atoms with Gasteiger partial charge in [-0.05, 0) is 38.8 Å². The highest BCUT2D eigenvalue weighted by Crippen LogP contribution is 2.36. The molecule has 1 aliphatic carbocycles. The summed E-state index contributed by atoms with van der Waals surface area (Å²) in [5.74, 6) is 2.37. The molecule has 0 saturated heterocycles. The van der Waals surface area contributed by atoms with E-state index in [2.05, 4.69) is 0 Å². The van der Waals surface area contributed by atoms with E-state index in [9.17, 15) is 0 Å². The SMILES string of the molecule is COc1ccc(OC2CC2)c(OC(C)C)c1. The quantitative estimate of drug-likeness (QED) is 0.766. The summed E-state index contributed by atoms with van der Waals surface area (Å²) in [6.45, 7) is 4.00. The summed E-state index contributed by atoms with van der Waals surface area (Å²) in [5.41, 5.74) is 0. The van der Waals surface area contributed by atoms with Gasteiger partial charge in [0.05, 0.1) is 19.3 Å². The van der Waals surface area contributed by atoms with Crippen LogP contribution in [0.15, 0.2) is 18.2 Å². The number of benzene rings is 1. The van der Waals surface area contributed by atoms with Gasteiger partial charge in [-0.3, -0.25) is 0 Å². The van der Waals surface area contributed by atoms with E-state index in [1.165, 1.54) is 0 Å². The molecule has 0 aromatic heterocycles. The van der Waals surface area contributed by atoms with Gasteiger partial charge in [-0.25, -0.2) is 0 Å². The summed E-state index contributed by atoms with van der Waals surface area (Å²) in [4.78, 5) is 0. The van der Waals surface area contributed by atoms with Crippen molar-refractivity contribution in [3.05, 3.63) is 18.2 Å². The highest BCUT2D eigenvalue weighted by Gasteiger charge is 2.25. The highest BCUT2D eigenvalue weighted by atomic mass is 16.5. The standard InChI is InChI=1S/C13H18O3/c1-9(2)15-13-8-11(14-3)6-7-12(13)16-10-4-5-10/h6-10H,4-5H2,1-3H3. The lowest BCUT2D eigenvalue weighted by Gasteiger charge is -2.15. The zero-order valence-corrected chi connectivity index (χ0v) is 10.0. The molecule has 16 heavy (non-hydrogen) atoms. The number of hydrogen-bond acceptors (Lipinski definition) is 3. The summed E-state index contributed by atoms with van der Waals surface area (Å²) >= 11 is 0. The maximum atomic E-state index is 5.78. The molecule has 3 nitrogen and oxygen atoms in total. The predicted octanol–water partition coefficient (Wildman–Crippen LogP) is 3.02. The van der Waals surface area contributed by atoms with Crippen LogP contribution in [0.1, 0.15) is 26.7 Å². The van der Waals surface area contributed by atoms with Gasteiger partial charge in [-0.15, -0.1) is 0 Å². The maximum absolute atomic E-state index is 5.78.